The maximum Gasteiger partial charge on any atom is 0.306 e. The third-order valence-electron chi connectivity index (χ3n) is 12.2. The lowest BCUT2D eigenvalue weighted by molar-refractivity contribution is -0.151. The summed E-state index contributed by atoms with van der Waals surface area (Å²) in [6.45, 7) is 6.50. The molecule has 1 amide bonds. The van der Waals surface area contributed by atoms with Gasteiger partial charge in [-0.3, -0.25) is 9.59 Å². The van der Waals surface area contributed by atoms with Crippen molar-refractivity contribution in [1.82, 2.24) is 5.32 Å². The van der Waals surface area contributed by atoms with Crippen LogP contribution in [0, 0.1) is 0 Å². The van der Waals surface area contributed by atoms with Crippen molar-refractivity contribution >= 4 is 11.9 Å². The van der Waals surface area contributed by atoms with Crippen molar-refractivity contribution in [2.24, 2.45) is 0 Å². The summed E-state index contributed by atoms with van der Waals surface area (Å²) in [5.41, 5.74) is 0. The highest BCUT2D eigenvalue weighted by atomic mass is 16.5. The van der Waals surface area contributed by atoms with E-state index in [4.69, 9.17) is 4.74 Å². The number of ether oxygens (including phenoxy) is 1. The Morgan fingerprint density at radius 1 is 0.439 bits per heavy atom. The fourth-order valence-electron chi connectivity index (χ4n) is 8.26. The second kappa shape index (κ2) is 45.9. The van der Waals surface area contributed by atoms with Gasteiger partial charge in [-0.05, 0) is 25.7 Å². The molecule has 340 valence electrons. The number of carbonyl (C=O) groups excluding carboxylic acids is 2. The van der Waals surface area contributed by atoms with Gasteiger partial charge in [0, 0.05) is 6.42 Å². The van der Waals surface area contributed by atoms with Gasteiger partial charge < -0.3 is 20.3 Å². The quantitative estimate of drug-likeness (QED) is 0.0420. The van der Waals surface area contributed by atoms with Crippen LogP contribution in [-0.4, -0.2) is 46.9 Å². The van der Waals surface area contributed by atoms with Crippen LogP contribution in [0.15, 0.2) is 0 Å². The zero-order valence-corrected chi connectivity index (χ0v) is 38.8. The summed E-state index contributed by atoms with van der Waals surface area (Å²) in [5.74, 6) is -0.453. The molecule has 0 saturated carbocycles. The smallest absolute Gasteiger partial charge is 0.306 e. The zero-order chi connectivity index (χ0) is 41.7. The van der Waals surface area contributed by atoms with Crippen molar-refractivity contribution in [3.8, 4) is 0 Å². The first-order valence-corrected chi connectivity index (χ1v) is 25.8. The van der Waals surface area contributed by atoms with E-state index in [1.54, 1.807) is 0 Å². The first kappa shape index (κ1) is 55.9. The minimum Gasteiger partial charge on any atom is -0.462 e. The Labute approximate surface area is 356 Å². The highest BCUT2D eigenvalue weighted by Crippen LogP contribution is 2.19. The molecule has 57 heavy (non-hydrogen) atoms. The standard InChI is InChI=1S/C51H101NO5/c1-4-7-10-13-16-19-22-24-25-27-29-32-35-38-41-44-51(56)57-47(42-39-36-33-30-21-18-15-12-9-6-3)45-50(55)52-48(46-53)49(54)43-40-37-34-31-28-26-23-20-17-14-11-8-5-2/h47-49,53-54H,4-46H2,1-3H3,(H,52,55). The number of unbranched alkanes of at least 4 members (excludes halogenated alkanes) is 35. The highest BCUT2D eigenvalue weighted by Gasteiger charge is 2.24. The van der Waals surface area contributed by atoms with Crippen LogP contribution in [0.25, 0.3) is 0 Å². The Kier molecular flexibility index (Phi) is 45.0. The second-order valence-electron chi connectivity index (χ2n) is 17.9. The average Bonchev–Trinajstić information content (AvgIpc) is 3.20. The fraction of sp³-hybridized carbons (Fsp3) is 0.961. The van der Waals surface area contributed by atoms with Crippen LogP contribution in [0.1, 0.15) is 290 Å². The number of amides is 1. The van der Waals surface area contributed by atoms with E-state index < -0.39 is 18.2 Å². The topological polar surface area (TPSA) is 95.9 Å². The summed E-state index contributed by atoms with van der Waals surface area (Å²) in [6, 6.07) is -0.691. The first-order chi connectivity index (χ1) is 28.0. The molecule has 0 aliphatic carbocycles. The van der Waals surface area contributed by atoms with Gasteiger partial charge in [0.1, 0.15) is 6.10 Å². The minimum atomic E-state index is -0.778. The lowest BCUT2D eigenvalue weighted by Crippen LogP contribution is -2.46. The molecule has 3 unspecified atom stereocenters. The number of aliphatic hydroxyl groups excluding tert-OH is 2. The van der Waals surface area contributed by atoms with Crippen LogP contribution in [0.3, 0.4) is 0 Å². The molecule has 0 heterocycles. The van der Waals surface area contributed by atoms with E-state index in [9.17, 15) is 19.8 Å². The number of rotatable bonds is 47. The van der Waals surface area contributed by atoms with Gasteiger partial charge in [-0.15, -0.1) is 0 Å². The molecule has 0 rings (SSSR count). The minimum absolute atomic E-state index is 0.0873. The van der Waals surface area contributed by atoms with Gasteiger partial charge in [0.15, 0.2) is 0 Å². The van der Waals surface area contributed by atoms with Crippen LogP contribution in [0.5, 0.6) is 0 Å². The lowest BCUT2D eigenvalue weighted by Gasteiger charge is -2.24. The molecule has 0 bridgehead atoms. The number of nitrogens with one attached hydrogen (secondary N) is 1. The lowest BCUT2D eigenvalue weighted by atomic mass is 10.0. The molecular weight excluding hydrogens is 707 g/mol. The monoisotopic (exact) mass is 808 g/mol. The molecule has 0 aliphatic rings. The van der Waals surface area contributed by atoms with E-state index in [1.165, 1.54) is 205 Å². The molecule has 0 aromatic rings. The predicted octanol–water partition coefficient (Wildman–Crippen LogP) is 15.2. The largest absolute Gasteiger partial charge is 0.462 e. The van der Waals surface area contributed by atoms with E-state index in [-0.39, 0.29) is 24.9 Å². The highest BCUT2D eigenvalue weighted by molar-refractivity contribution is 5.77. The normalized spacial score (nSPS) is 13.1. The van der Waals surface area contributed by atoms with E-state index >= 15 is 0 Å². The van der Waals surface area contributed by atoms with Crippen LogP contribution in [0.4, 0.5) is 0 Å². The van der Waals surface area contributed by atoms with Crippen molar-refractivity contribution < 1.29 is 24.5 Å². The molecule has 0 aromatic carbocycles. The third-order valence-corrected chi connectivity index (χ3v) is 12.2. The SMILES string of the molecule is CCCCCCCCCCCCCCCCCC(=O)OC(CCCCCCCCCCCC)CC(=O)NC(CO)C(O)CCCCCCCCCCCCCCC. The van der Waals surface area contributed by atoms with Crippen LogP contribution in [0.2, 0.25) is 0 Å². The molecule has 0 spiro atoms. The van der Waals surface area contributed by atoms with E-state index in [1.807, 2.05) is 0 Å². The Bertz CT molecular complexity index is 821. The second-order valence-corrected chi connectivity index (χ2v) is 17.9. The molecule has 0 aromatic heterocycles. The van der Waals surface area contributed by atoms with Gasteiger partial charge >= 0.3 is 5.97 Å². The first-order valence-electron chi connectivity index (χ1n) is 25.8. The summed E-state index contributed by atoms with van der Waals surface area (Å²) in [7, 11) is 0. The summed E-state index contributed by atoms with van der Waals surface area (Å²) in [6.07, 6.45) is 48.7. The Morgan fingerprint density at radius 3 is 1.07 bits per heavy atom. The molecule has 3 N–H and O–H groups in total. The molecule has 0 fully saturated rings. The van der Waals surface area contributed by atoms with Gasteiger partial charge in [0.05, 0.1) is 25.2 Å². The van der Waals surface area contributed by atoms with E-state index in [0.29, 0.717) is 19.3 Å². The van der Waals surface area contributed by atoms with Gasteiger partial charge in [0.2, 0.25) is 5.91 Å². The van der Waals surface area contributed by atoms with Gasteiger partial charge in [-0.25, -0.2) is 0 Å². The Hall–Kier alpha value is -1.14. The molecule has 0 aliphatic heterocycles. The molecule has 0 saturated heterocycles. The van der Waals surface area contributed by atoms with Gasteiger partial charge in [-0.2, -0.15) is 0 Å². The van der Waals surface area contributed by atoms with Crippen LogP contribution < -0.4 is 5.32 Å². The maximum atomic E-state index is 13.2. The number of carbonyl (C=O) groups is 2. The number of hydrogen-bond acceptors (Lipinski definition) is 5. The van der Waals surface area contributed by atoms with Crippen LogP contribution in [-0.2, 0) is 14.3 Å². The van der Waals surface area contributed by atoms with Crippen molar-refractivity contribution in [1.29, 1.82) is 0 Å². The predicted molar refractivity (Wildman–Crippen MR) is 246 cm³/mol. The Balaban J connectivity index is 4.45. The van der Waals surface area contributed by atoms with Crippen molar-refractivity contribution in [3.05, 3.63) is 0 Å². The van der Waals surface area contributed by atoms with Crippen molar-refractivity contribution in [2.45, 2.75) is 309 Å². The van der Waals surface area contributed by atoms with Gasteiger partial charge in [0.25, 0.3) is 0 Å². The van der Waals surface area contributed by atoms with Crippen molar-refractivity contribution in [2.75, 3.05) is 6.61 Å². The van der Waals surface area contributed by atoms with Crippen molar-refractivity contribution in [3.63, 3.8) is 0 Å². The fourth-order valence-corrected chi connectivity index (χ4v) is 8.26. The van der Waals surface area contributed by atoms with Gasteiger partial charge in [-0.1, -0.05) is 252 Å². The summed E-state index contributed by atoms with van der Waals surface area (Å²) in [4.78, 5) is 26.1. The molecule has 6 heteroatoms. The molecule has 0 radical (unpaired) electrons. The maximum absolute atomic E-state index is 13.2. The summed E-state index contributed by atoms with van der Waals surface area (Å²) < 4.78 is 5.93. The summed E-state index contributed by atoms with van der Waals surface area (Å²) >= 11 is 0. The average molecular weight is 808 g/mol. The molecule has 6 nitrogen and oxygen atoms in total. The van der Waals surface area contributed by atoms with E-state index in [2.05, 4.69) is 26.1 Å². The summed E-state index contributed by atoms with van der Waals surface area (Å²) in [5, 5.41) is 23.7. The molecular formula is C51H101NO5. The zero-order valence-electron chi connectivity index (χ0n) is 38.8. The van der Waals surface area contributed by atoms with Crippen LogP contribution >= 0.6 is 0 Å². The molecule has 3 atom stereocenters. The number of hydrogen-bond donors (Lipinski definition) is 3. The number of esters is 1. The van der Waals surface area contributed by atoms with E-state index in [0.717, 1.165) is 38.5 Å². The Morgan fingerprint density at radius 2 is 0.737 bits per heavy atom. The third kappa shape index (κ3) is 41.4. The number of aliphatic hydroxyl groups is 2.